The van der Waals surface area contributed by atoms with Crippen LogP contribution in [-0.2, 0) is 21.4 Å². The second-order valence-corrected chi connectivity index (χ2v) is 8.63. The van der Waals surface area contributed by atoms with E-state index in [0.717, 1.165) is 25.7 Å². The zero-order valence-electron chi connectivity index (χ0n) is 15.6. The number of hydrogen-bond donors (Lipinski definition) is 1. The fourth-order valence-corrected chi connectivity index (χ4v) is 4.54. The van der Waals surface area contributed by atoms with Crippen molar-refractivity contribution < 1.29 is 17.6 Å². The molecule has 9 heteroatoms. The molecular weight excluding hydrogens is 370 g/mol. The molecule has 0 saturated heterocycles. The van der Waals surface area contributed by atoms with Gasteiger partial charge in [-0.05, 0) is 31.9 Å². The lowest BCUT2D eigenvalue weighted by Gasteiger charge is -2.31. The Kier molecular flexibility index (Phi) is 5.71. The minimum absolute atomic E-state index is 0.0416. The van der Waals surface area contributed by atoms with Gasteiger partial charge in [0.15, 0.2) is 5.58 Å². The van der Waals surface area contributed by atoms with Gasteiger partial charge < -0.3 is 9.32 Å². The van der Waals surface area contributed by atoms with Crippen molar-refractivity contribution in [2.75, 3.05) is 13.6 Å². The van der Waals surface area contributed by atoms with E-state index in [1.807, 2.05) is 0 Å². The first-order chi connectivity index (χ1) is 12.8. The van der Waals surface area contributed by atoms with E-state index < -0.39 is 15.8 Å². The van der Waals surface area contributed by atoms with Gasteiger partial charge in [0.05, 0.1) is 17.0 Å². The Balaban J connectivity index is 1.71. The number of amides is 1. The Morgan fingerprint density at radius 1 is 1.30 bits per heavy atom. The van der Waals surface area contributed by atoms with Gasteiger partial charge in [0.2, 0.25) is 15.9 Å². The summed E-state index contributed by atoms with van der Waals surface area (Å²) in [6.45, 7) is 1.93. The van der Waals surface area contributed by atoms with Gasteiger partial charge in [-0.1, -0.05) is 19.3 Å². The van der Waals surface area contributed by atoms with Crippen molar-refractivity contribution >= 4 is 27.0 Å². The average Bonchev–Trinajstić information content (AvgIpc) is 3.00. The molecule has 1 fully saturated rings. The predicted octanol–water partition coefficient (Wildman–Crippen LogP) is 1.68. The Hall–Kier alpha value is -2.13. The average molecular weight is 395 g/mol. The first-order valence-electron chi connectivity index (χ1n) is 9.22. The summed E-state index contributed by atoms with van der Waals surface area (Å²) in [7, 11) is -2.17. The number of likely N-dealkylation sites (N-methyl/N-ethyl adjacent to an activating group) is 1. The third-order valence-electron chi connectivity index (χ3n) is 5.20. The molecular formula is C18H25N3O5S. The monoisotopic (exact) mass is 395 g/mol. The van der Waals surface area contributed by atoms with E-state index in [-0.39, 0.29) is 29.0 Å². The molecule has 1 aromatic carbocycles. The van der Waals surface area contributed by atoms with E-state index in [4.69, 9.17) is 4.42 Å². The van der Waals surface area contributed by atoms with Gasteiger partial charge in [0.25, 0.3) is 0 Å². The molecule has 1 aliphatic rings. The largest absolute Gasteiger partial charge is 0.419 e. The maximum atomic E-state index is 12.5. The summed E-state index contributed by atoms with van der Waals surface area (Å²) in [4.78, 5) is 25.7. The van der Waals surface area contributed by atoms with Crippen LogP contribution in [0.2, 0.25) is 0 Å². The zero-order valence-corrected chi connectivity index (χ0v) is 16.4. The van der Waals surface area contributed by atoms with Crippen molar-refractivity contribution in [2.45, 2.75) is 56.5 Å². The van der Waals surface area contributed by atoms with E-state index in [2.05, 4.69) is 4.72 Å². The first kappa shape index (κ1) is 19.6. The molecule has 1 saturated carbocycles. The number of carbonyl (C=O) groups is 1. The van der Waals surface area contributed by atoms with E-state index in [0.29, 0.717) is 12.1 Å². The number of oxazole rings is 1. The summed E-state index contributed by atoms with van der Waals surface area (Å²) >= 11 is 0. The number of fused-ring (bicyclic) bond motifs is 1. The van der Waals surface area contributed by atoms with Crippen LogP contribution in [0, 0.1) is 0 Å². The molecule has 0 radical (unpaired) electrons. The number of benzene rings is 1. The molecule has 1 aliphatic carbocycles. The molecule has 8 nitrogen and oxygen atoms in total. The van der Waals surface area contributed by atoms with Gasteiger partial charge in [-0.2, -0.15) is 0 Å². The molecule has 0 unspecified atom stereocenters. The van der Waals surface area contributed by atoms with Crippen LogP contribution in [0.15, 0.2) is 32.3 Å². The van der Waals surface area contributed by atoms with Gasteiger partial charge in [0, 0.05) is 25.7 Å². The Labute approximate surface area is 158 Å². The molecule has 2 aromatic rings. The van der Waals surface area contributed by atoms with Crippen LogP contribution < -0.4 is 10.5 Å². The van der Waals surface area contributed by atoms with E-state index in [1.165, 1.54) is 29.2 Å². The van der Waals surface area contributed by atoms with Gasteiger partial charge in [-0.3, -0.25) is 9.36 Å². The molecule has 0 atom stereocenters. The summed E-state index contributed by atoms with van der Waals surface area (Å²) in [6, 6.07) is 4.42. The van der Waals surface area contributed by atoms with Crippen molar-refractivity contribution in [1.82, 2.24) is 14.2 Å². The molecule has 148 valence electrons. The third-order valence-corrected chi connectivity index (χ3v) is 6.59. The molecule has 3 rings (SSSR count). The van der Waals surface area contributed by atoms with Crippen molar-refractivity contribution in [3.05, 3.63) is 28.7 Å². The number of rotatable bonds is 6. The molecule has 0 spiro atoms. The number of hydrogen-bond acceptors (Lipinski definition) is 5. The molecule has 0 bridgehead atoms. The van der Waals surface area contributed by atoms with Crippen LogP contribution in [-0.4, -0.2) is 43.4 Å². The summed E-state index contributed by atoms with van der Waals surface area (Å²) < 4.78 is 33.9. The van der Waals surface area contributed by atoms with Crippen LogP contribution in [0.3, 0.4) is 0 Å². The lowest BCUT2D eigenvalue weighted by molar-refractivity contribution is -0.131. The van der Waals surface area contributed by atoms with Gasteiger partial charge in [-0.15, -0.1) is 0 Å². The SMILES string of the molecule is CCn1c(=O)oc2cc(S(=O)(=O)NCC(=O)N(C)C3CCCCC3)ccc21. The number of aromatic nitrogens is 1. The number of carbonyl (C=O) groups excluding carboxylic acids is 1. The summed E-state index contributed by atoms with van der Waals surface area (Å²) in [5, 5.41) is 0. The lowest BCUT2D eigenvalue weighted by atomic mass is 9.94. The van der Waals surface area contributed by atoms with E-state index >= 15 is 0 Å². The maximum Gasteiger partial charge on any atom is 0.419 e. The Morgan fingerprint density at radius 3 is 2.67 bits per heavy atom. The quantitative estimate of drug-likeness (QED) is 0.802. The second kappa shape index (κ2) is 7.85. The summed E-state index contributed by atoms with van der Waals surface area (Å²) in [5.74, 6) is -0.783. The molecule has 1 heterocycles. The van der Waals surface area contributed by atoms with Gasteiger partial charge >= 0.3 is 5.76 Å². The summed E-state index contributed by atoms with van der Waals surface area (Å²) in [6.07, 6.45) is 5.29. The van der Waals surface area contributed by atoms with Crippen LogP contribution >= 0.6 is 0 Å². The standard InChI is InChI=1S/C18H25N3O5S/c1-3-21-15-10-9-14(11-16(15)26-18(21)23)27(24,25)19-12-17(22)20(2)13-7-5-4-6-8-13/h9-11,13,19H,3-8,12H2,1-2H3. The van der Waals surface area contributed by atoms with E-state index in [1.54, 1.807) is 18.9 Å². The van der Waals surface area contributed by atoms with Gasteiger partial charge in [0.1, 0.15) is 0 Å². The van der Waals surface area contributed by atoms with Crippen LogP contribution in [0.1, 0.15) is 39.0 Å². The fourth-order valence-electron chi connectivity index (χ4n) is 3.55. The second-order valence-electron chi connectivity index (χ2n) is 6.86. The van der Waals surface area contributed by atoms with Crippen molar-refractivity contribution in [2.24, 2.45) is 0 Å². The third kappa shape index (κ3) is 4.08. The number of sulfonamides is 1. The van der Waals surface area contributed by atoms with Crippen molar-refractivity contribution in [1.29, 1.82) is 0 Å². The molecule has 0 aliphatic heterocycles. The maximum absolute atomic E-state index is 12.5. The van der Waals surface area contributed by atoms with Crippen LogP contribution in [0.25, 0.3) is 11.1 Å². The number of nitrogens with one attached hydrogen (secondary N) is 1. The normalized spacial score (nSPS) is 15.9. The Bertz CT molecular complexity index is 986. The lowest BCUT2D eigenvalue weighted by Crippen LogP contribution is -2.43. The molecule has 27 heavy (non-hydrogen) atoms. The Morgan fingerprint density at radius 2 is 2.00 bits per heavy atom. The van der Waals surface area contributed by atoms with Gasteiger partial charge in [-0.25, -0.2) is 17.9 Å². The molecule has 1 aromatic heterocycles. The van der Waals surface area contributed by atoms with Crippen molar-refractivity contribution in [3.8, 4) is 0 Å². The van der Waals surface area contributed by atoms with Crippen molar-refractivity contribution in [3.63, 3.8) is 0 Å². The highest BCUT2D eigenvalue weighted by atomic mass is 32.2. The smallest absolute Gasteiger partial charge is 0.408 e. The molecule has 1 N–H and O–H groups in total. The number of nitrogens with zero attached hydrogens (tertiary/aromatic N) is 2. The number of aryl methyl sites for hydroxylation is 1. The highest BCUT2D eigenvalue weighted by Gasteiger charge is 2.24. The van der Waals surface area contributed by atoms with Crippen LogP contribution in [0.5, 0.6) is 0 Å². The summed E-state index contributed by atoms with van der Waals surface area (Å²) in [5.41, 5.74) is 0.741. The van der Waals surface area contributed by atoms with E-state index in [9.17, 15) is 18.0 Å². The minimum Gasteiger partial charge on any atom is -0.408 e. The highest BCUT2D eigenvalue weighted by Crippen LogP contribution is 2.22. The zero-order chi connectivity index (χ0) is 19.6. The predicted molar refractivity (Wildman–Crippen MR) is 101 cm³/mol. The molecule has 1 amide bonds. The highest BCUT2D eigenvalue weighted by molar-refractivity contribution is 7.89. The minimum atomic E-state index is -3.89. The van der Waals surface area contributed by atoms with Crippen LogP contribution in [0.4, 0.5) is 0 Å². The first-order valence-corrected chi connectivity index (χ1v) is 10.7. The fraction of sp³-hybridized carbons (Fsp3) is 0.556. The topological polar surface area (TPSA) is 102 Å².